The zero-order valence-corrected chi connectivity index (χ0v) is 17.7. The standard InChI is InChI=1S/C22H26N8O/c1-30-7-5-16(6-8-30)24-12-15-3-4-18(20(9-15)31-2)19-10-21(29-28-19)27-22-14-25-17(11-23)13-26-22/h3-4,9-10,13-14,16,24H,5-8,12H2,1-2H3,(H2,26,27,28,29). The van der Waals surface area contributed by atoms with Crippen molar-refractivity contribution in [1.82, 2.24) is 30.4 Å². The van der Waals surface area contributed by atoms with Crippen molar-refractivity contribution in [3.05, 3.63) is 47.9 Å². The van der Waals surface area contributed by atoms with Crippen molar-refractivity contribution in [2.24, 2.45) is 0 Å². The molecule has 0 radical (unpaired) electrons. The number of likely N-dealkylation sites (tertiary alicyclic amines) is 1. The molecule has 3 heterocycles. The second kappa shape index (κ2) is 9.55. The molecule has 0 atom stereocenters. The van der Waals surface area contributed by atoms with Crippen LogP contribution in [0.4, 0.5) is 11.6 Å². The minimum Gasteiger partial charge on any atom is -0.496 e. The third-order valence-corrected chi connectivity index (χ3v) is 5.47. The Morgan fingerprint density at radius 2 is 2.03 bits per heavy atom. The number of aromatic amines is 1. The van der Waals surface area contributed by atoms with Gasteiger partial charge < -0.3 is 20.3 Å². The van der Waals surface area contributed by atoms with E-state index in [1.807, 2.05) is 18.2 Å². The van der Waals surface area contributed by atoms with Crippen molar-refractivity contribution in [2.45, 2.75) is 25.4 Å². The number of rotatable bonds is 7. The van der Waals surface area contributed by atoms with Gasteiger partial charge in [0.15, 0.2) is 11.5 Å². The summed E-state index contributed by atoms with van der Waals surface area (Å²) in [6, 6.07) is 10.6. The van der Waals surface area contributed by atoms with Crippen LogP contribution in [0.2, 0.25) is 0 Å². The fourth-order valence-electron chi connectivity index (χ4n) is 3.65. The molecule has 0 amide bonds. The Labute approximate surface area is 181 Å². The highest BCUT2D eigenvalue weighted by Crippen LogP contribution is 2.31. The summed E-state index contributed by atoms with van der Waals surface area (Å²) in [5.74, 6) is 1.90. The molecule has 0 aliphatic carbocycles. The summed E-state index contributed by atoms with van der Waals surface area (Å²) in [5.41, 5.74) is 3.21. The monoisotopic (exact) mass is 418 g/mol. The van der Waals surface area contributed by atoms with Crippen molar-refractivity contribution >= 4 is 11.6 Å². The van der Waals surface area contributed by atoms with Gasteiger partial charge in [-0.3, -0.25) is 5.10 Å². The molecule has 0 unspecified atom stereocenters. The van der Waals surface area contributed by atoms with Gasteiger partial charge >= 0.3 is 0 Å². The Morgan fingerprint density at radius 1 is 1.19 bits per heavy atom. The van der Waals surface area contributed by atoms with E-state index in [0.717, 1.165) is 36.6 Å². The highest BCUT2D eigenvalue weighted by Gasteiger charge is 2.16. The Morgan fingerprint density at radius 3 is 2.74 bits per heavy atom. The lowest BCUT2D eigenvalue weighted by Gasteiger charge is -2.29. The first-order valence-electron chi connectivity index (χ1n) is 10.3. The first kappa shape index (κ1) is 20.8. The maximum absolute atomic E-state index is 8.82. The molecule has 0 saturated carbocycles. The van der Waals surface area contributed by atoms with Crippen molar-refractivity contribution < 1.29 is 4.74 Å². The van der Waals surface area contributed by atoms with Gasteiger partial charge in [0.1, 0.15) is 17.6 Å². The number of nitrogens with one attached hydrogen (secondary N) is 3. The fraction of sp³-hybridized carbons (Fsp3) is 0.364. The molecule has 2 aromatic heterocycles. The zero-order chi connectivity index (χ0) is 21.6. The number of methoxy groups -OCH3 is 1. The average molecular weight is 419 g/mol. The van der Waals surface area contributed by atoms with Gasteiger partial charge in [-0.2, -0.15) is 10.4 Å². The van der Waals surface area contributed by atoms with E-state index in [1.165, 1.54) is 30.8 Å². The molecule has 160 valence electrons. The molecule has 1 aliphatic rings. The SMILES string of the molecule is COc1cc(CNC2CCN(C)CC2)ccc1-c1cc(Nc2cnc(C#N)cn2)n[nH]1. The minimum atomic E-state index is 0.267. The van der Waals surface area contributed by atoms with E-state index in [4.69, 9.17) is 10.00 Å². The smallest absolute Gasteiger partial charge is 0.158 e. The normalized spacial score (nSPS) is 14.9. The van der Waals surface area contributed by atoms with Crippen LogP contribution in [0.1, 0.15) is 24.1 Å². The van der Waals surface area contributed by atoms with Gasteiger partial charge in [0.05, 0.1) is 25.2 Å². The Balaban J connectivity index is 1.42. The van der Waals surface area contributed by atoms with Crippen LogP contribution in [0.15, 0.2) is 36.7 Å². The number of H-pyrrole nitrogens is 1. The van der Waals surface area contributed by atoms with Crippen molar-refractivity contribution in [3.8, 4) is 23.1 Å². The number of aromatic nitrogens is 4. The minimum absolute atomic E-state index is 0.267. The maximum Gasteiger partial charge on any atom is 0.158 e. The molecule has 9 nitrogen and oxygen atoms in total. The maximum atomic E-state index is 8.82. The first-order valence-corrected chi connectivity index (χ1v) is 10.3. The number of benzene rings is 1. The highest BCUT2D eigenvalue weighted by atomic mass is 16.5. The number of anilines is 2. The van der Waals surface area contributed by atoms with Gasteiger partial charge in [-0.05, 0) is 50.7 Å². The molecular weight excluding hydrogens is 392 g/mol. The van der Waals surface area contributed by atoms with Crippen LogP contribution in [0.3, 0.4) is 0 Å². The molecular formula is C22H26N8O. The third kappa shape index (κ3) is 5.17. The van der Waals surface area contributed by atoms with Crippen LogP contribution in [0, 0.1) is 11.3 Å². The molecule has 1 aromatic carbocycles. The predicted octanol–water partition coefficient (Wildman–Crippen LogP) is 2.67. The summed E-state index contributed by atoms with van der Waals surface area (Å²) in [6.07, 6.45) is 5.27. The summed E-state index contributed by atoms with van der Waals surface area (Å²) < 4.78 is 5.64. The summed E-state index contributed by atoms with van der Waals surface area (Å²) in [6.45, 7) is 3.10. The van der Waals surface area contributed by atoms with Crippen molar-refractivity contribution in [2.75, 3.05) is 32.6 Å². The van der Waals surface area contributed by atoms with E-state index < -0.39 is 0 Å². The van der Waals surface area contributed by atoms with E-state index in [0.29, 0.717) is 17.7 Å². The van der Waals surface area contributed by atoms with Crippen LogP contribution >= 0.6 is 0 Å². The molecule has 3 aromatic rings. The molecule has 0 spiro atoms. The molecule has 9 heteroatoms. The molecule has 4 rings (SSSR count). The van der Waals surface area contributed by atoms with Gasteiger partial charge in [0.2, 0.25) is 0 Å². The summed E-state index contributed by atoms with van der Waals surface area (Å²) in [4.78, 5) is 10.5. The van der Waals surface area contributed by atoms with Gasteiger partial charge in [-0.15, -0.1) is 0 Å². The van der Waals surface area contributed by atoms with Crippen molar-refractivity contribution in [1.29, 1.82) is 5.26 Å². The average Bonchev–Trinajstić information content (AvgIpc) is 3.27. The summed E-state index contributed by atoms with van der Waals surface area (Å²) in [7, 11) is 3.85. The van der Waals surface area contributed by atoms with E-state index in [-0.39, 0.29) is 5.69 Å². The molecule has 3 N–H and O–H groups in total. The molecule has 1 fully saturated rings. The second-order valence-electron chi connectivity index (χ2n) is 7.68. The lowest BCUT2D eigenvalue weighted by molar-refractivity contribution is 0.234. The quantitative estimate of drug-likeness (QED) is 0.536. The van der Waals surface area contributed by atoms with E-state index in [9.17, 15) is 0 Å². The molecule has 1 aliphatic heterocycles. The number of piperidine rings is 1. The lowest BCUT2D eigenvalue weighted by Crippen LogP contribution is -2.40. The summed E-state index contributed by atoms with van der Waals surface area (Å²) >= 11 is 0. The van der Waals surface area contributed by atoms with Crippen LogP contribution < -0.4 is 15.4 Å². The van der Waals surface area contributed by atoms with Gasteiger partial charge in [0.25, 0.3) is 0 Å². The third-order valence-electron chi connectivity index (χ3n) is 5.47. The molecule has 0 bridgehead atoms. The number of nitriles is 1. The van der Waals surface area contributed by atoms with Crippen LogP contribution in [-0.4, -0.2) is 58.4 Å². The topological polar surface area (TPSA) is 115 Å². The lowest BCUT2D eigenvalue weighted by atomic mass is 10.0. The second-order valence-corrected chi connectivity index (χ2v) is 7.68. The van der Waals surface area contributed by atoms with Crippen LogP contribution in [-0.2, 0) is 6.54 Å². The van der Waals surface area contributed by atoms with E-state index in [2.05, 4.69) is 54.9 Å². The number of hydrogen-bond acceptors (Lipinski definition) is 8. The fourth-order valence-corrected chi connectivity index (χ4v) is 3.65. The molecule has 31 heavy (non-hydrogen) atoms. The number of ether oxygens (including phenoxy) is 1. The predicted molar refractivity (Wildman–Crippen MR) is 118 cm³/mol. The largest absolute Gasteiger partial charge is 0.496 e. The molecule has 1 saturated heterocycles. The van der Waals surface area contributed by atoms with Gasteiger partial charge in [-0.1, -0.05) is 6.07 Å². The Kier molecular flexibility index (Phi) is 6.40. The van der Waals surface area contributed by atoms with E-state index >= 15 is 0 Å². The van der Waals surface area contributed by atoms with Gasteiger partial charge in [0, 0.05) is 24.2 Å². The summed E-state index contributed by atoms with van der Waals surface area (Å²) in [5, 5.41) is 22.9. The van der Waals surface area contributed by atoms with Crippen molar-refractivity contribution in [3.63, 3.8) is 0 Å². The van der Waals surface area contributed by atoms with Crippen LogP contribution in [0.5, 0.6) is 5.75 Å². The number of hydrogen-bond donors (Lipinski definition) is 3. The highest BCUT2D eigenvalue weighted by molar-refractivity contribution is 5.71. The Hall–Kier alpha value is -3.48. The van der Waals surface area contributed by atoms with Gasteiger partial charge in [-0.25, -0.2) is 9.97 Å². The Bertz CT molecular complexity index is 1050. The van der Waals surface area contributed by atoms with Crippen LogP contribution in [0.25, 0.3) is 11.3 Å². The van der Waals surface area contributed by atoms with E-state index in [1.54, 1.807) is 7.11 Å². The first-order chi connectivity index (χ1) is 15.1. The number of nitrogens with zero attached hydrogens (tertiary/aromatic N) is 5. The zero-order valence-electron chi connectivity index (χ0n) is 17.7.